The molecule has 0 bridgehead atoms. The van der Waals surface area contributed by atoms with Gasteiger partial charge in [0, 0.05) is 11.0 Å². The van der Waals surface area contributed by atoms with Crippen LogP contribution in [-0.2, 0) is 16.6 Å². The fraction of sp³-hybridized carbons (Fsp3) is 0.500. The first kappa shape index (κ1) is 16.6. The van der Waals surface area contributed by atoms with Crippen LogP contribution < -0.4 is 4.72 Å². The van der Waals surface area contributed by atoms with Gasteiger partial charge in [0.05, 0.1) is 11.5 Å². The lowest BCUT2D eigenvalue weighted by Gasteiger charge is -2.11. The van der Waals surface area contributed by atoms with Crippen LogP contribution >= 0.6 is 15.9 Å². The van der Waals surface area contributed by atoms with Gasteiger partial charge in [-0.15, -0.1) is 0 Å². The molecule has 0 saturated heterocycles. The van der Waals surface area contributed by atoms with Crippen molar-refractivity contribution in [2.45, 2.75) is 17.9 Å². The van der Waals surface area contributed by atoms with E-state index in [9.17, 15) is 8.42 Å². The number of sulfonamides is 1. The number of nitrogens with one attached hydrogen (secondary N) is 1. The van der Waals surface area contributed by atoms with Crippen molar-refractivity contribution in [2.24, 2.45) is 0 Å². The highest BCUT2D eigenvalue weighted by molar-refractivity contribution is 9.10. The monoisotopic (exact) mass is 350 g/mol. The van der Waals surface area contributed by atoms with E-state index < -0.39 is 10.0 Å². The van der Waals surface area contributed by atoms with Crippen LogP contribution in [0.25, 0.3) is 0 Å². The summed E-state index contributed by atoms with van der Waals surface area (Å²) in [4.78, 5) is 2.15. The molecular weight excluding hydrogens is 332 g/mol. The molecular formula is C12H19BrN2O3S. The van der Waals surface area contributed by atoms with E-state index in [0.717, 1.165) is 13.0 Å². The Morgan fingerprint density at radius 2 is 2.05 bits per heavy atom. The predicted molar refractivity (Wildman–Crippen MR) is 78.4 cm³/mol. The molecule has 0 radical (unpaired) electrons. The van der Waals surface area contributed by atoms with E-state index in [2.05, 4.69) is 20.7 Å². The fourth-order valence-corrected chi connectivity index (χ4v) is 3.62. The normalized spacial score (nSPS) is 12.1. The van der Waals surface area contributed by atoms with E-state index in [1.807, 2.05) is 19.0 Å². The highest BCUT2D eigenvalue weighted by Crippen LogP contribution is 2.23. The molecule has 7 heteroatoms. The second-order valence-corrected chi connectivity index (χ2v) is 7.07. The van der Waals surface area contributed by atoms with Crippen molar-refractivity contribution in [1.29, 1.82) is 0 Å². The topological polar surface area (TPSA) is 69.6 Å². The van der Waals surface area contributed by atoms with Crippen molar-refractivity contribution < 1.29 is 13.5 Å². The van der Waals surface area contributed by atoms with Gasteiger partial charge >= 0.3 is 0 Å². The van der Waals surface area contributed by atoms with Crippen molar-refractivity contribution in [2.75, 3.05) is 27.2 Å². The zero-order valence-electron chi connectivity index (χ0n) is 11.1. The maximum atomic E-state index is 12.1. The van der Waals surface area contributed by atoms with Gasteiger partial charge in [0.25, 0.3) is 0 Å². The van der Waals surface area contributed by atoms with Gasteiger partial charge in [0.15, 0.2) is 0 Å². The SMILES string of the molecule is CN(C)CCCNS(=O)(=O)c1cc(CO)ccc1Br. The van der Waals surface area contributed by atoms with E-state index in [1.54, 1.807) is 12.1 Å². The van der Waals surface area contributed by atoms with Crippen molar-refractivity contribution in [1.82, 2.24) is 9.62 Å². The molecule has 0 saturated carbocycles. The molecule has 19 heavy (non-hydrogen) atoms. The van der Waals surface area contributed by atoms with Gasteiger partial charge in [-0.05, 0) is 60.7 Å². The van der Waals surface area contributed by atoms with Crippen LogP contribution in [0.5, 0.6) is 0 Å². The molecule has 0 aliphatic rings. The third kappa shape index (κ3) is 5.19. The molecule has 0 atom stereocenters. The second kappa shape index (κ2) is 7.35. The van der Waals surface area contributed by atoms with Crippen molar-refractivity contribution in [3.8, 4) is 0 Å². The first-order chi connectivity index (χ1) is 8.86. The summed E-state index contributed by atoms with van der Waals surface area (Å²) in [5.41, 5.74) is 0.567. The Labute approximate surface area is 122 Å². The van der Waals surface area contributed by atoms with Gasteiger partial charge < -0.3 is 10.0 Å². The lowest BCUT2D eigenvalue weighted by molar-refractivity contribution is 0.281. The number of halogens is 1. The van der Waals surface area contributed by atoms with E-state index >= 15 is 0 Å². The first-order valence-corrected chi connectivity index (χ1v) is 8.18. The van der Waals surface area contributed by atoms with Crippen molar-refractivity contribution in [3.05, 3.63) is 28.2 Å². The second-order valence-electron chi connectivity index (χ2n) is 4.48. The number of hydrogen-bond donors (Lipinski definition) is 2. The van der Waals surface area contributed by atoms with Crippen LogP contribution in [-0.4, -0.2) is 45.6 Å². The van der Waals surface area contributed by atoms with Crippen LogP contribution in [0.1, 0.15) is 12.0 Å². The van der Waals surface area contributed by atoms with Crippen molar-refractivity contribution >= 4 is 26.0 Å². The third-order valence-electron chi connectivity index (χ3n) is 2.54. The molecule has 1 aromatic rings. The summed E-state index contributed by atoms with van der Waals surface area (Å²) >= 11 is 3.22. The van der Waals surface area contributed by atoms with Crippen LogP contribution in [0, 0.1) is 0 Å². The van der Waals surface area contributed by atoms with Gasteiger partial charge in [0.2, 0.25) is 10.0 Å². The quantitative estimate of drug-likeness (QED) is 0.724. The van der Waals surface area contributed by atoms with Crippen molar-refractivity contribution in [3.63, 3.8) is 0 Å². The molecule has 0 aromatic heterocycles. The van der Waals surface area contributed by atoms with Gasteiger partial charge in [-0.2, -0.15) is 0 Å². The molecule has 108 valence electrons. The average molecular weight is 351 g/mol. The van der Waals surface area contributed by atoms with Crippen LogP contribution in [0.4, 0.5) is 0 Å². The Morgan fingerprint density at radius 1 is 1.37 bits per heavy atom. The number of hydrogen-bond acceptors (Lipinski definition) is 4. The number of rotatable bonds is 7. The third-order valence-corrected chi connectivity index (χ3v) is 5.00. The molecule has 0 aliphatic carbocycles. The van der Waals surface area contributed by atoms with Gasteiger partial charge in [-0.3, -0.25) is 0 Å². The molecule has 0 amide bonds. The maximum absolute atomic E-state index is 12.1. The minimum atomic E-state index is -3.55. The summed E-state index contributed by atoms with van der Waals surface area (Å²) in [5, 5.41) is 9.06. The first-order valence-electron chi connectivity index (χ1n) is 5.90. The summed E-state index contributed by atoms with van der Waals surface area (Å²) < 4.78 is 27.3. The largest absolute Gasteiger partial charge is 0.392 e. The highest BCUT2D eigenvalue weighted by atomic mass is 79.9. The summed E-state index contributed by atoms with van der Waals surface area (Å²) in [6.45, 7) is 1.02. The molecule has 0 unspecified atom stereocenters. The molecule has 2 N–H and O–H groups in total. The van der Waals surface area contributed by atoms with Gasteiger partial charge in [0.1, 0.15) is 0 Å². The summed E-state index contributed by atoms with van der Waals surface area (Å²) in [6.07, 6.45) is 0.740. The average Bonchev–Trinajstić information content (AvgIpc) is 2.35. The van der Waals surface area contributed by atoms with E-state index in [-0.39, 0.29) is 11.5 Å². The summed E-state index contributed by atoms with van der Waals surface area (Å²) in [6, 6.07) is 4.77. The summed E-state index contributed by atoms with van der Waals surface area (Å²) in [5.74, 6) is 0. The lowest BCUT2D eigenvalue weighted by Crippen LogP contribution is -2.27. The fourth-order valence-electron chi connectivity index (χ4n) is 1.53. The van der Waals surface area contributed by atoms with Crippen LogP contribution in [0.3, 0.4) is 0 Å². The number of benzene rings is 1. The standard InChI is InChI=1S/C12H19BrN2O3S/c1-15(2)7-3-6-14-19(17,18)12-8-10(9-16)4-5-11(12)13/h4-5,8,14,16H,3,6-7,9H2,1-2H3. The molecule has 0 heterocycles. The van der Waals surface area contributed by atoms with Gasteiger partial charge in [-0.1, -0.05) is 6.07 Å². The van der Waals surface area contributed by atoms with E-state index in [1.165, 1.54) is 6.07 Å². The Hall–Kier alpha value is -0.470. The highest BCUT2D eigenvalue weighted by Gasteiger charge is 2.17. The summed E-state index contributed by atoms with van der Waals surface area (Å²) in [7, 11) is 0.333. The molecule has 1 aromatic carbocycles. The number of aliphatic hydroxyl groups excluding tert-OH is 1. The Bertz CT molecular complexity index is 518. The Balaban J connectivity index is 2.77. The molecule has 5 nitrogen and oxygen atoms in total. The predicted octanol–water partition coefficient (Wildman–Crippen LogP) is 1.17. The molecule has 0 fully saturated rings. The Kier molecular flexibility index (Phi) is 6.41. The van der Waals surface area contributed by atoms with Crippen LogP contribution in [0.2, 0.25) is 0 Å². The smallest absolute Gasteiger partial charge is 0.241 e. The minimum Gasteiger partial charge on any atom is -0.392 e. The van der Waals surface area contributed by atoms with E-state index in [0.29, 0.717) is 16.6 Å². The number of aliphatic hydroxyl groups is 1. The molecule has 0 aliphatic heterocycles. The molecule has 1 rings (SSSR count). The van der Waals surface area contributed by atoms with Gasteiger partial charge in [-0.25, -0.2) is 13.1 Å². The maximum Gasteiger partial charge on any atom is 0.241 e. The molecule has 0 spiro atoms. The zero-order valence-corrected chi connectivity index (χ0v) is 13.5. The minimum absolute atomic E-state index is 0.156. The lowest BCUT2D eigenvalue weighted by atomic mass is 10.2. The number of nitrogens with zero attached hydrogens (tertiary/aromatic N) is 1. The van der Waals surface area contributed by atoms with Crippen LogP contribution in [0.15, 0.2) is 27.6 Å². The Morgan fingerprint density at radius 3 is 2.63 bits per heavy atom. The zero-order chi connectivity index (χ0) is 14.5. The van der Waals surface area contributed by atoms with E-state index in [4.69, 9.17) is 5.11 Å².